The van der Waals surface area contributed by atoms with Gasteiger partial charge in [-0.3, -0.25) is 9.89 Å². The summed E-state index contributed by atoms with van der Waals surface area (Å²) in [4.78, 5) is 11.9. The summed E-state index contributed by atoms with van der Waals surface area (Å²) >= 11 is 0. The second-order valence-electron chi connectivity index (χ2n) is 5.51. The van der Waals surface area contributed by atoms with Crippen LogP contribution in [0.15, 0.2) is 42.9 Å². The molecule has 3 aromatic rings. The largest absolute Gasteiger partial charge is 0.311 e. The Morgan fingerprint density at radius 2 is 2.14 bits per heavy atom. The molecule has 0 saturated heterocycles. The molecule has 1 atom stereocenters. The van der Waals surface area contributed by atoms with E-state index in [4.69, 9.17) is 0 Å². The number of para-hydroxylation sites is 1. The molecule has 0 saturated carbocycles. The molecule has 0 fully saturated rings. The number of hydrogen-bond donors (Lipinski definition) is 2. The van der Waals surface area contributed by atoms with Crippen LogP contribution in [0.2, 0.25) is 0 Å². The number of aryl methyl sites for hydroxylation is 1. The number of amides is 1. The van der Waals surface area contributed by atoms with Gasteiger partial charge in [0.05, 0.1) is 18.1 Å². The maximum atomic E-state index is 11.9. The molecule has 2 N–H and O–H groups in total. The van der Waals surface area contributed by atoms with Crippen molar-refractivity contribution in [2.24, 2.45) is 0 Å². The summed E-state index contributed by atoms with van der Waals surface area (Å²) in [6, 6.07) is 8.08. The number of nitrogens with zero attached hydrogens (tertiary/aromatic N) is 3. The first-order valence-electron chi connectivity index (χ1n) is 7.16. The van der Waals surface area contributed by atoms with Gasteiger partial charge in [0.15, 0.2) is 0 Å². The molecular formula is C16H15N5O. The maximum Gasteiger partial charge on any atom is 0.226 e. The molecule has 2 aromatic heterocycles. The predicted octanol–water partition coefficient (Wildman–Crippen LogP) is 2.38. The van der Waals surface area contributed by atoms with E-state index >= 15 is 0 Å². The summed E-state index contributed by atoms with van der Waals surface area (Å²) < 4.78 is 1.86. The molecule has 110 valence electrons. The second kappa shape index (κ2) is 4.84. The molecule has 1 aliphatic heterocycles. The van der Waals surface area contributed by atoms with E-state index in [1.807, 2.05) is 35.3 Å². The molecule has 1 aromatic carbocycles. The maximum absolute atomic E-state index is 11.9. The summed E-state index contributed by atoms with van der Waals surface area (Å²) in [5.41, 5.74) is 4.22. The highest BCUT2D eigenvalue weighted by atomic mass is 16.1. The Bertz CT molecular complexity index is 848. The van der Waals surface area contributed by atoms with Crippen molar-refractivity contribution in [2.75, 3.05) is 5.32 Å². The van der Waals surface area contributed by atoms with Gasteiger partial charge in [-0.25, -0.2) is 4.68 Å². The Morgan fingerprint density at radius 3 is 3.00 bits per heavy atom. The number of hydrogen-bond acceptors (Lipinski definition) is 3. The van der Waals surface area contributed by atoms with Gasteiger partial charge >= 0.3 is 0 Å². The van der Waals surface area contributed by atoms with Gasteiger partial charge in [-0.15, -0.1) is 0 Å². The van der Waals surface area contributed by atoms with Crippen LogP contribution in [0.4, 0.5) is 5.82 Å². The van der Waals surface area contributed by atoms with E-state index in [9.17, 15) is 4.79 Å². The molecule has 0 bridgehead atoms. The standard InChI is InChI=1S/C16H15N5O/c1-10-4-2-3-5-14(10)21-9-11(7-18-21)12-6-15(22)19-16-13(12)8-17-20-16/h2-5,7-9,12H,6H2,1H3,(H2,17,19,20,22). The first-order chi connectivity index (χ1) is 10.7. The zero-order chi connectivity index (χ0) is 15.1. The van der Waals surface area contributed by atoms with Crippen LogP contribution in [0.3, 0.4) is 0 Å². The topological polar surface area (TPSA) is 75.6 Å². The fraction of sp³-hybridized carbons (Fsp3) is 0.188. The van der Waals surface area contributed by atoms with E-state index in [0.717, 1.165) is 22.4 Å². The molecule has 6 nitrogen and oxygen atoms in total. The van der Waals surface area contributed by atoms with Crippen LogP contribution in [-0.2, 0) is 4.79 Å². The van der Waals surface area contributed by atoms with Crippen molar-refractivity contribution in [1.29, 1.82) is 0 Å². The molecule has 1 aliphatic rings. The van der Waals surface area contributed by atoms with Gasteiger partial charge in [-0.1, -0.05) is 18.2 Å². The first-order valence-corrected chi connectivity index (χ1v) is 7.16. The average Bonchev–Trinajstić information content (AvgIpc) is 3.15. The number of aromatic amines is 1. The third-order valence-corrected chi connectivity index (χ3v) is 4.07. The first kappa shape index (κ1) is 12.8. The number of H-pyrrole nitrogens is 1. The highest BCUT2D eigenvalue weighted by Gasteiger charge is 2.29. The molecule has 0 radical (unpaired) electrons. The van der Waals surface area contributed by atoms with Crippen molar-refractivity contribution in [3.8, 4) is 5.69 Å². The van der Waals surface area contributed by atoms with Crippen LogP contribution in [0.25, 0.3) is 5.69 Å². The van der Waals surface area contributed by atoms with Gasteiger partial charge in [0.2, 0.25) is 5.91 Å². The Kier molecular flexibility index (Phi) is 2.82. The van der Waals surface area contributed by atoms with Crippen LogP contribution in [0, 0.1) is 6.92 Å². The van der Waals surface area contributed by atoms with Gasteiger partial charge in [-0.05, 0) is 24.1 Å². The minimum absolute atomic E-state index is 0.00890. The van der Waals surface area contributed by atoms with Crippen LogP contribution < -0.4 is 5.32 Å². The summed E-state index contributed by atoms with van der Waals surface area (Å²) in [5, 5.41) is 14.1. The summed E-state index contributed by atoms with van der Waals surface area (Å²) in [6.45, 7) is 2.05. The van der Waals surface area contributed by atoms with E-state index in [1.54, 1.807) is 6.20 Å². The number of fused-ring (bicyclic) bond motifs is 1. The van der Waals surface area contributed by atoms with Crippen molar-refractivity contribution < 1.29 is 4.79 Å². The number of benzene rings is 1. The number of anilines is 1. The lowest BCUT2D eigenvalue weighted by molar-refractivity contribution is -0.116. The Hall–Kier alpha value is -2.89. The lowest BCUT2D eigenvalue weighted by Crippen LogP contribution is -2.22. The molecule has 0 aliphatic carbocycles. The van der Waals surface area contributed by atoms with E-state index in [0.29, 0.717) is 12.2 Å². The second-order valence-corrected chi connectivity index (χ2v) is 5.51. The van der Waals surface area contributed by atoms with Gasteiger partial charge in [-0.2, -0.15) is 10.2 Å². The Balaban J connectivity index is 1.74. The van der Waals surface area contributed by atoms with Crippen molar-refractivity contribution in [3.05, 3.63) is 59.5 Å². The zero-order valence-electron chi connectivity index (χ0n) is 12.1. The lowest BCUT2D eigenvalue weighted by atomic mass is 9.89. The van der Waals surface area contributed by atoms with Gasteiger partial charge in [0, 0.05) is 24.1 Å². The highest BCUT2D eigenvalue weighted by molar-refractivity contribution is 5.94. The van der Waals surface area contributed by atoms with E-state index < -0.39 is 0 Å². The number of nitrogens with one attached hydrogen (secondary N) is 2. The van der Waals surface area contributed by atoms with Crippen LogP contribution in [0.5, 0.6) is 0 Å². The number of rotatable bonds is 2. The van der Waals surface area contributed by atoms with E-state index in [1.165, 1.54) is 0 Å². The molecule has 0 spiro atoms. The smallest absolute Gasteiger partial charge is 0.226 e. The monoisotopic (exact) mass is 293 g/mol. The lowest BCUT2D eigenvalue weighted by Gasteiger charge is -2.20. The van der Waals surface area contributed by atoms with Crippen LogP contribution in [0.1, 0.15) is 29.0 Å². The quantitative estimate of drug-likeness (QED) is 0.761. The van der Waals surface area contributed by atoms with Crippen molar-refractivity contribution in [2.45, 2.75) is 19.3 Å². The van der Waals surface area contributed by atoms with Crippen LogP contribution in [-0.4, -0.2) is 25.9 Å². The summed E-state index contributed by atoms with van der Waals surface area (Å²) in [7, 11) is 0. The predicted molar refractivity (Wildman–Crippen MR) is 82.0 cm³/mol. The number of carbonyl (C=O) groups is 1. The molecule has 22 heavy (non-hydrogen) atoms. The highest BCUT2D eigenvalue weighted by Crippen LogP contribution is 2.35. The van der Waals surface area contributed by atoms with Gasteiger partial charge < -0.3 is 5.32 Å². The van der Waals surface area contributed by atoms with Crippen LogP contribution >= 0.6 is 0 Å². The Morgan fingerprint density at radius 1 is 1.27 bits per heavy atom. The third kappa shape index (κ3) is 2.00. The molecule has 6 heteroatoms. The van der Waals surface area contributed by atoms with E-state index in [-0.39, 0.29) is 11.8 Å². The summed E-state index contributed by atoms with van der Waals surface area (Å²) in [6.07, 6.45) is 5.99. The summed E-state index contributed by atoms with van der Waals surface area (Å²) in [5.74, 6) is 0.663. The van der Waals surface area contributed by atoms with Gasteiger partial charge in [0.1, 0.15) is 5.82 Å². The SMILES string of the molecule is Cc1ccccc1-n1cc(C2CC(=O)Nc3[nH]ncc32)cn1. The number of aromatic nitrogens is 4. The molecular weight excluding hydrogens is 278 g/mol. The zero-order valence-corrected chi connectivity index (χ0v) is 12.1. The average molecular weight is 293 g/mol. The molecule has 1 amide bonds. The minimum Gasteiger partial charge on any atom is -0.311 e. The fourth-order valence-electron chi connectivity index (χ4n) is 2.91. The minimum atomic E-state index is -0.0136. The Labute approximate surface area is 127 Å². The van der Waals surface area contributed by atoms with Crippen molar-refractivity contribution in [3.63, 3.8) is 0 Å². The van der Waals surface area contributed by atoms with Crippen molar-refractivity contribution >= 4 is 11.7 Å². The van der Waals surface area contributed by atoms with E-state index in [2.05, 4.69) is 33.6 Å². The molecule has 3 heterocycles. The third-order valence-electron chi connectivity index (χ3n) is 4.07. The fourth-order valence-corrected chi connectivity index (χ4v) is 2.91. The molecule has 4 rings (SSSR count). The normalized spacial score (nSPS) is 17.1. The van der Waals surface area contributed by atoms with Gasteiger partial charge in [0.25, 0.3) is 0 Å². The van der Waals surface area contributed by atoms with Crippen molar-refractivity contribution in [1.82, 2.24) is 20.0 Å². The number of carbonyl (C=O) groups excluding carboxylic acids is 1. The molecule has 1 unspecified atom stereocenters.